The van der Waals surface area contributed by atoms with E-state index in [-0.39, 0.29) is 5.41 Å². The summed E-state index contributed by atoms with van der Waals surface area (Å²) in [5.74, 6) is -1.07. The molecule has 0 amide bonds. The lowest BCUT2D eigenvalue weighted by atomic mass is 9.85. The van der Waals surface area contributed by atoms with Gasteiger partial charge in [0.15, 0.2) is 0 Å². The van der Waals surface area contributed by atoms with Crippen molar-refractivity contribution < 1.29 is 8.78 Å². The summed E-state index contributed by atoms with van der Waals surface area (Å²) >= 11 is 0. The fourth-order valence-corrected chi connectivity index (χ4v) is 1.91. The normalized spacial score (nSPS) is 11.9. The molecular formula is C14H16F2N2. The van der Waals surface area contributed by atoms with Crippen LogP contribution in [0.25, 0.3) is 11.1 Å². The van der Waals surface area contributed by atoms with E-state index in [1.54, 1.807) is 30.2 Å². The van der Waals surface area contributed by atoms with Crippen LogP contribution in [0.15, 0.2) is 24.5 Å². The van der Waals surface area contributed by atoms with Gasteiger partial charge in [0.25, 0.3) is 0 Å². The van der Waals surface area contributed by atoms with Crippen LogP contribution in [0.4, 0.5) is 8.78 Å². The van der Waals surface area contributed by atoms with E-state index < -0.39 is 11.6 Å². The monoisotopic (exact) mass is 250 g/mol. The van der Waals surface area contributed by atoms with E-state index >= 15 is 0 Å². The lowest BCUT2D eigenvalue weighted by molar-refractivity contribution is 0.512. The lowest BCUT2D eigenvalue weighted by Crippen LogP contribution is -2.14. The number of aryl methyl sites for hydroxylation is 1. The number of hydrogen-bond donors (Lipinski definition) is 0. The highest BCUT2D eigenvalue weighted by Crippen LogP contribution is 2.31. The quantitative estimate of drug-likeness (QED) is 0.755. The van der Waals surface area contributed by atoms with Crippen molar-refractivity contribution in [2.45, 2.75) is 26.2 Å². The van der Waals surface area contributed by atoms with E-state index in [1.165, 1.54) is 0 Å². The van der Waals surface area contributed by atoms with Gasteiger partial charge in [-0.2, -0.15) is 5.10 Å². The third-order valence-electron chi connectivity index (χ3n) is 2.88. The van der Waals surface area contributed by atoms with Crippen LogP contribution in [0.5, 0.6) is 0 Å². The van der Waals surface area contributed by atoms with Gasteiger partial charge >= 0.3 is 0 Å². The second kappa shape index (κ2) is 4.19. The van der Waals surface area contributed by atoms with Gasteiger partial charge in [-0.1, -0.05) is 20.8 Å². The molecule has 0 aliphatic heterocycles. The molecule has 0 spiro atoms. The van der Waals surface area contributed by atoms with Crippen LogP contribution in [0, 0.1) is 11.6 Å². The Kier molecular flexibility index (Phi) is 2.97. The maximum Gasteiger partial charge on any atom is 0.134 e. The fourth-order valence-electron chi connectivity index (χ4n) is 1.91. The summed E-state index contributed by atoms with van der Waals surface area (Å²) < 4.78 is 29.2. The molecule has 0 atom stereocenters. The predicted molar refractivity (Wildman–Crippen MR) is 67.3 cm³/mol. The van der Waals surface area contributed by atoms with Crippen LogP contribution in [0.3, 0.4) is 0 Å². The number of rotatable bonds is 1. The maximum atomic E-state index is 13.8. The smallest absolute Gasteiger partial charge is 0.134 e. The van der Waals surface area contributed by atoms with Crippen LogP contribution in [0.1, 0.15) is 26.3 Å². The Morgan fingerprint density at radius 1 is 1.11 bits per heavy atom. The zero-order chi connectivity index (χ0) is 13.5. The Balaban J connectivity index is 2.62. The molecule has 1 heterocycles. The molecule has 18 heavy (non-hydrogen) atoms. The summed E-state index contributed by atoms with van der Waals surface area (Å²) in [6.07, 6.45) is 3.28. The minimum Gasteiger partial charge on any atom is -0.275 e. The third-order valence-corrected chi connectivity index (χ3v) is 2.88. The van der Waals surface area contributed by atoms with Crippen LogP contribution in [-0.4, -0.2) is 9.78 Å². The van der Waals surface area contributed by atoms with Gasteiger partial charge in [0, 0.05) is 30.4 Å². The molecule has 4 heteroatoms. The van der Waals surface area contributed by atoms with Crippen molar-refractivity contribution in [1.82, 2.24) is 9.78 Å². The molecular weight excluding hydrogens is 234 g/mol. The first-order valence-corrected chi connectivity index (χ1v) is 5.77. The minimum absolute atomic E-state index is 0.366. The van der Waals surface area contributed by atoms with Crippen LogP contribution in [-0.2, 0) is 12.5 Å². The summed E-state index contributed by atoms with van der Waals surface area (Å²) in [5.41, 5.74) is 1.17. The molecule has 1 aromatic heterocycles. The number of hydrogen-bond acceptors (Lipinski definition) is 1. The van der Waals surface area contributed by atoms with Gasteiger partial charge in [0.1, 0.15) is 11.6 Å². The first-order valence-electron chi connectivity index (χ1n) is 5.77. The molecule has 0 saturated carbocycles. The van der Waals surface area contributed by atoms with Gasteiger partial charge in [-0.05, 0) is 17.0 Å². The molecule has 1 aromatic carbocycles. The Morgan fingerprint density at radius 3 is 2.28 bits per heavy atom. The number of halogens is 2. The van der Waals surface area contributed by atoms with Crippen LogP contribution in [0.2, 0.25) is 0 Å². The van der Waals surface area contributed by atoms with Crippen molar-refractivity contribution in [3.63, 3.8) is 0 Å². The molecule has 0 aliphatic carbocycles. The van der Waals surface area contributed by atoms with Gasteiger partial charge in [0.2, 0.25) is 0 Å². The SMILES string of the molecule is Cn1cc(-c2cc(C(C)(C)C)c(F)cc2F)cn1. The molecule has 2 rings (SSSR count). The Hall–Kier alpha value is -1.71. The molecule has 0 radical (unpaired) electrons. The molecule has 96 valence electrons. The van der Waals surface area contributed by atoms with E-state index in [9.17, 15) is 8.78 Å². The van der Waals surface area contributed by atoms with Crippen molar-refractivity contribution in [2.24, 2.45) is 7.05 Å². The largest absolute Gasteiger partial charge is 0.275 e. The minimum atomic E-state index is -0.562. The van der Waals surface area contributed by atoms with E-state index in [0.717, 1.165) is 6.07 Å². The molecule has 2 nitrogen and oxygen atoms in total. The van der Waals surface area contributed by atoms with Gasteiger partial charge in [0.05, 0.1) is 6.20 Å². The molecule has 0 saturated heterocycles. The third kappa shape index (κ3) is 2.28. The molecule has 0 aliphatic rings. The Labute approximate surface area is 105 Å². The lowest BCUT2D eigenvalue weighted by Gasteiger charge is -2.20. The Morgan fingerprint density at radius 2 is 1.78 bits per heavy atom. The molecule has 0 bridgehead atoms. The van der Waals surface area contributed by atoms with E-state index in [4.69, 9.17) is 0 Å². The van der Waals surface area contributed by atoms with Gasteiger partial charge in [-0.3, -0.25) is 4.68 Å². The van der Waals surface area contributed by atoms with Crippen molar-refractivity contribution in [2.75, 3.05) is 0 Å². The second-order valence-corrected chi connectivity index (χ2v) is 5.46. The average molecular weight is 250 g/mol. The molecule has 2 aromatic rings. The first kappa shape index (κ1) is 12.7. The summed E-state index contributed by atoms with van der Waals surface area (Å²) in [7, 11) is 1.76. The standard InChI is InChI=1S/C14H16F2N2/c1-14(2,3)11-5-10(12(15)6-13(11)16)9-7-17-18(4)8-9/h5-8H,1-4H3. The molecule has 0 fully saturated rings. The topological polar surface area (TPSA) is 17.8 Å². The van der Waals surface area contributed by atoms with E-state index in [0.29, 0.717) is 16.7 Å². The van der Waals surface area contributed by atoms with Crippen LogP contribution < -0.4 is 0 Å². The molecule has 0 N–H and O–H groups in total. The van der Waals surface area contributed by atoms with Gasteiger partial charge < -0.3 is 0 Å². The summed E-state index contributed by atoms with van der Waals surface area (Å²) in [6.45, 7) is 5.70. The highest BCUT2D eigenvalue weighted by molar-refractivity contribution is 5.64. The predicted octanol–water partition coefficient (Wildman–Crippen LogP) is 3.66. The first-order chi connectivity index (χ1) is 8.29. The number of benzene rings is 1. The highest BCUT2D eigenvalue weighted by atomic mass is 19.1. The second-order valence-electron chi connectivity index (χ2n) is 5.46. The Bertz CT molecular complexity index is 580. The fraction of sp³-hybridized carbons (Fsp3) is 0.357. The molecule has 0 unspecified atom stereocenters. The summed E-state index contributed by atoms with van der Waals surface area (Å²) in [5, 5.41) is 4.00. The highest BCUT2D eigenvalue weighted by Gasteiger charge is 2.21. The van der Waals surface area contributed by atoms with Crippen molar-refractivity contribution in [3.05, 3.63) is 41.7 Å². The van der Waals surface area contributed by atoms with Gasteiger partial charge in [-0.25, -0.2) is 8.78 Å². The number of aromatic nitrogens is 2. The zero-order valence-electron chi connectivity index (χ0n) is 11.0. The van der Waals surface area contributed by atoms with E-state index in [2.05, 4.69) is 5.10 Å². The average Bonchev–Trinajstić information content (AvgIpc) is 2.62. The zero-order valence-corrected chi connectivity index (χ0v) is 11.0. The van der Waals surface area contributed by atoms with Gasteiger partial charge in [-0.15, -0.1) is 0 Å². The summed E-state index contributed by atoms with van der Waals surface area (Å²) in [4.78, 5) is 0. The van der Waals surface area contributed by atoms with Crippen molar-refractivity contribution in [3.8, 4) is 11.1 Å². The van der Waals surface area contributed by atoms with Crippen molar-refractivity contribution in [1.29, 1.82) is 0 Å². The van der Waals surface area contributed by atoms with Crippen LogP contribution >= 0.6 is 0 Å². The number of nitrogens with zero attached hydrogens (tertiary/aromatic N) is 2. The van der Waals surface area contributed by atoms with Crippen molar-refractivity contribution >= 4 is 0 Å². The van der Waals surface area contributed by atoms with E-state index in [1.807, 2.05) is 20.8 Å². The summed E-state index contributed by atoms with van der Waals surface area (Å²) in [6, 6.07) is 2.52. The maximum absolute atomic E-state index is 13.8.